The van der Waals surface area contributed by atoms with Crippen molar-refractivity contribution in [1.82, 2.24) is 25.4 Å². The van der Waals surface area contributed by atoms with E-state index in [1.807, 2.05) is 5.32 Å². The third-order valence-electron chi connectivity index (χ3n) is 5.20. The maximum atomic E-state index is 13.6. The second kappa shape index (κ2) is 8.05. The largest absolute Gasteiger partial charge is 0.414 e. The number of rotatable bonds is 4. The van der Waals surface area contributed by atoms with Gasteiger partial charge in [0.1, 0.15) is 11.9 Å². The molecule has 0 saturated carbocycles. The molecule has 11 heteroatoms. The van der Waals surface area contributed by atoms with Crippen LogP contribution in [0.25, 0.3) is 0 Å². The van der Waals surface area contributed by atoms with Crippen molar-refractivity contribution in [1.29, 1.82) is 0 Å². The standard InChI is InChI=1S/C20H19F4N5O2/c21-12-7-10-28(11-12)19(31)17-26-15(14-6-2-4-9-29(14)17)18(30)27-16(20(22,23)24)13-5-1-3-8-25-13/h1-6,8-9,12,16-17,26H,7,10-11H2,(H,27,30)/t12-,16?,17?/m1/s1. The Bertz CT molecular complexity index is 960. The summed E-state index contributed by atoms with van der Waals surface area (Å²) in [6.07, 6.45) is 0.742. The number of alkyl halides is 4. The van der Waals surface area contributed by atoms with Crippen molar-refractivity contribution in [2.45, 2.75) is 31.0 Å². The molecular weight excluding hydrogens is 418 g/mol. The molecule has 1 saturated heterocycles. The Balaban J connectivity index is 1.57. The molecule has 4 rings (SSSR count). The van der Waals surface area contributed by atoms with Gasteiger partial charge in [-0.15, -0.1) is 0 Å². The van der Waals surface area contributed by atoms with E-state index in [0.717, 1.165) is 0 Å². The molecule has 3 aliphatic heterocycles. The molecule has 1 aromatic heterocycles. The fraction of sp³-hybridized carbons (Fsp3) is 0.350. The van der Waals surface area contributed by atoms with Crippen LogP contribution in [0.3, 0.4) is 0 Å². The first-order valence-corrected chi connectivity index (χ1v) is 9.61. The van der Waals surface area contributed by atoms with E-state index in [1.54, 1.807) is 12.2 Å². The fourth-order valence-electron chi connectivity index (χ4n) is 3.70. The smallest absolute Gasteiger partial charge is 0.351 e. The van der Waals surface area contributed by atoms with Gasteiger partial charge < -0.3 is 20.4 Å². The Morgan fingerprint density at radius 3 is 2.71 bits per heavy atom. The lowest BCUT2D eigenvalue weighted by atomic mass is 10.1. The monoisotopic (exact) mass is 437 g/mol. The Hall–Kier alpha value is -3.37. The molecule has 0 aromatic carbocycles. The molecule has 2 N–H and O–H groups in total. The average Bonchev–Trinajstić information content (AvgIpc) is 3.35. The first-order chi connectivity index (χ1) is 14.8. The predicted octanol–water partition coefficient (Wildman–Crippen LogP) is 1.90. The van der Waals surface area contributed by atoms with Gasteiger partial charge in [0.2, 0.25) is 0 Å². The van der Waals surface area contributed by atoms with Gasteiger partial charge in [-0.1, -0.05) is 12.1 Å². The van der Waals surface area contributed by atoms with E-state index in [-0.39, 0.29) is 36.6 Å². The predicted molar refractivity (Wildman–Crippen MR) is 101 cm³/mol. The van der Waals surface area contributed by atoms with Crippen molar-refractivity contribution >= 4 is 11.8 Å². The fourth-order valence-corrected chi connectivity index (χ4v) is 3.70. The highest BCUT2D eigenvalue weighted by atomic mass is 19.4. The number of hydrogen-bond donors (Lipinski definition) is 2. The zero-order valence-corrected chi connectivity index (χ0v) is 16.1. The first kappa shape index (κ1) is 20.9. The van der Waals surface area contributed by atoms with Crippen LogP contribution in [-0.4, -0.2) is 58.2 Å². The van der Waals surface area contributed by atoms with E-state index in [2.05, 4.69) is 10.3 Å². The molecule has 31 heavy (non-hydrogen) atoms. The molecule has 4 heterocycles. The molecular formula is C20H19F4N5O2. The van der Waals surface area contributed by atoms with Gasteiger partial charge in [-0.25, -0.2) is 4.39 Å². The molecule has 2 unspecified atom stereocenters. The second-order valence-electron chi connectivity index (χ2n) is 7.29. The molecule has 3 atom stereocenters. The third-order valence-corrected chi connectivity index (χ3v) is 5.20. The Morgan fingerprint density at radius 1 is 1.26 bits per heavy atom. The van der Waals surface area contributed by atoms with Crippen LogP contribution in [0.4, 0.5) is 17.6 Å². The van der Waals surface area contributed by atoms with Gasteiger partial charge in [-0.05, 0) is 30.7 Å². The van der Waals surface area contributed by atoms with Crippen molar-refractivity contribution in [3.05, 3.63) is 65.9 Å². The van der Waals surface area contributed by atoms with Crippen LogP contribution in [0.5, 0.6) is 0 Å². The summed E-state index contributed by atoms with van der Waals surface area (Å²) in [7, 11) is 0. The number of nitrogens with one attached hydrogen (secondary N) is 2. The summed E-state index contributed by atoms with van der Waals surface area (Å²) in [5.41, 5.74) is -0.294. The van der Waals surface area contributed by atoms with Gasteiger partial charge in [0.25, 0.3) is 11.8 Å². The van der Waals surface area contributed by atoms with Gasteiger partial charge in [0, 0.05) is 18.9 Å². The summed E-state index contributed by atoms with van der Waals surface area (Å²) in [6.45, 7) is 0.176. The van der Waals surface area contributed by atoms with Crippen LogP contribution in [0.2, 0.25) is 0 Å². The van der Waals surface area contributed by atoms with Crippen LogP contribution in [0.15, 0.2) is 60.2 Å². The van der Waals surface area contributed by atoms with Crippen molar-refractivity contribution in [3.8, 4) is 0 Å². The van der Waals surface area contributed by atoms with Gasteiger partial charge >= 0.3 is 6.18 Å². The summed E-state index contributed by atoms with van der Waals surface area (Å²) in [5.74, 6) is -1.49. The molecule has 2 amide bonds. The number of hydrogen-bond acceptors (Lipinski definition) is 5. The average molecular weight is 437 g/mol. The van der Waals surface area contributed by atoms with Crippen molar-refractivity contribution < 1.29 is 27.2 Å². The number of likely N-dealkylation sites (tertiary alicyclic amines) is 1. The molecule has 7 nitrogen and oxygen atoms in total. The minimum atomic E-state index is -4.78. The number of amides is 2. The highest BCUT2D eigenvalue weighted by Gasteiger charge is 2.46. The lowest BCUT2D eigenvalue weighted by molar-refractivity contribution is -0.163. The molecule has 1 fully saturated rings. The van der Waals surface area contributed by atoms with Crippen molar-refractivity contribution in [3.63, 3.8) is 0 Å². The quantitative estimate of drug-likeness (QED) is 0.704. The highest BCUT2D eigenvalue weighted by molar-refractivity contribution is 5.97. The lowest BCUT2D eigenvalue weighted by Crippen LogP contribution is -2.50. The van der Waals surface area contributed by atoms with Crippen molar-refractivity contribution in [2.75, 3.05) is 13.1 Å². The van der Waals surface area contributed by atoms with Gasteiger partial charge in [0.05, 0.1) is 17.9 Å². The molecule has 3 aliphatic rings. The van der Waals surface area contributed by atoms with Crippen LogP contribution < -0.4 is 10.6 Å². The van der Waals surface area contributed by atoms with Gasteiger partial charge in [-0.3, -0.25) is 14.6 Å². The zero-order chi connectivity index (χ0) is 22.2. The topological polar surface area (TPSA) is 77.6 Å². The van der Waals surface area contributed by atoms with E-state index in [1.165, 1.54) is 46.5 Å². The molecule has 1 aromatic rings. The maximum Gasteiger partial charge on any atom is 0.414 e. The highest BCUT2D eigenvalue weighted by Crippen LogP contribution is 2.33. The molecule has 0 aliphatic carbocycles. The Kier molecular flexibility index (Phi) is 5.42. The number of nitrogens with zero attached hydrogens (tertiary/aromatic N) is 3. The van der Waals surface area contributed by atoms with E-state index in [4.69, 9.17) is 0 Å². The Labute approximate surface area is 175 Å². The summed E-state index contributed by atoms with van der Waals surface area (Å²) in [6, 6.07) is 1.70. The van der Waals surface area contributed by atoms with Gasteiger partial charge in [-0.2, -0.15) is 13.2 Å². The normalized spacial score (nSPS) is 23.6. The van der Waals surface area contributed by atoms with Crippen molar-refractivity contribution in [2.24, 2.45) is 0 Å². The number of pyridine rings is 1. The minimum absolute atomic E-state index is 0.0584. The van der Waals surface area contributed by atoms with Crippen LogP contribution >= 0.6 is 0 Å². The zero-order valence-electron chi connectivity index (χ0n) is 16.1. The number of aromatic nitrogens is 1. The van der Waals surface area contributed by atoms with E-state index in [0.29, 0.717) is 0 Å². The maximum absolute atomic E-state index is 13.6. The third kappa shape index (κ3) is 4.12. The minimum Gasteiger partial charge on any atom is -0.351 e. The number of carbonyl (C=O) groups excluding carboxylic acids is 2. The van der Waals surface area contributed by atoms with Gasteiger partial charge in [0.15, 0.2) is 12.2 Å². The van der Waals surface area contributed by atoms with Crippen LogP contribution in [0, 0.1) is 0 Å². The van der Waals surface area contributed by atoms with Crippen LogP contribution in [-0.2, 0) is 9.59 Å². The first-order valence-electron chi connectivity index (χ1n) is 9.61. The summed E-state index contributed by atoms with van der Waals surface area (Å²) >= 11 is 0. The Morgan fingerprint density at radius 2 is 2.06 bits per heavy atom. The molecule has 0 spiro atoms. The molecule has 164 valence electrons. The van der Waals surface area contributed by atoms with Crippen LogP contribution in [0.1, 0.15) is 18.2 Å². The second-order valence-corrected chi connectivity index (χ2v) is 7.29. The number of allylic oxidation sites excluding steroid dienone is 3. The molecule has 0 bridgehead atoms. The summed E-state index contributed by atoms with van der Waals surface area (Å²) < 4.78 is 54.4. The van der Waals surface area contributed by atoms with E-state index < -0.39 is 36.4 Å². The summed E-state index contributed by atoms with van der Waals surface area (Å²) in [4.78, 5) is 32.2. The number of carbonyl (C=O) groups is 2. The SMILES string of the molecule is O=C(NC(c1ccccn1)C(F)(F)F)C1=C2C=CC=CN2C(C(=O)N2CC[C@@H](F)C2)N1. The lowest BCUT2D eigenvalue weighted by Gasteiger charge is -2.28. The van der Waals surface area contributed by atoms with E-state index >= 15 is 0 Å². The number of halogens is 4. The summed E-state index contributed by atoms with van der Waals surface area (Å²) in [5, 5.41) is 4.69. The molecule has 0 radical (unpaired) electrons. The van der Waals surface area contributed by atoms with E-state index in [9.17, 15) is 27.2 Å². The number of fused-ring (bicyclic) bond motifs is 1.